The number of aryl methyl sites for hydroxylation is 2. The number of hydrogen-bond acceptors (Lipinski definition) is 7. The second-order valence-electron chi connectivity index (χ2n) is 8.32. The van der Waals surface area contributed by atoms with Gasteiger partial charge in [-0.15, -0.1) is 11.3 Å². The monoisotopic (exact) mass is 493 g/mol. The lowest BCUT2D eigenvalue weighted by atomic mass is 9.89. The van der Waals surface area contributed by atoms with Gasteiger partial charge < -0.3 is 9.47 Å². The summed E-state index contributed by atoms with van der Waals surface area (Å²) in [6.45, 7) is 5.56. The van der Waals surface area contributed by atoms with Crippen molar-refractivity contribution in [1.29, 1.82) is 0 Å². The fourth-order valence-corrected chi connectivity index (χ4v) is 7.39. The SMILES string of the molecule is Cc1nc(Oc2ccc(S(=O)(=O)N3CCOCC3)cc2Cl)c2c3c(sc2n1)C[C@@H](C)CC3. The molecule has 0 spiro atoms. The summed E-state index contributed by atoms with van der Waals surface area (Å²) in [7, 11) is -3.63. The maximum absolute atomic E-state index is 12.9. The molecule has 2 aliphatic rings. The molecule has 3 aromatic rings. The number of hydrogen-bond donors (Lipinski definition) is 0. The topological polar surface area (TPSA) is 81.6 Å². The van der Waals surface area contributed by atoms with E-state index >= 15 is 0 Å². The van der Waals surface area contributed by atoms with Crippen LogP contribution >= 0.6 is 22.9 Å². The molecule has 0 saturated carbocycles. The van der Waals surface area contributed by atoms with Crippen molar-refractivity contribution in [3.63, 3.8) is 0 Å². The molecule has 0 amide bonds. The summed E-state index contributed by atoms with van der Waals surface area (Å²) in [4.78, 5) is 11.6. The predicted molar refractivity (Wildman–Crippen MR) is 124 cm³/mol. The molecular weight excluding hydrogens is 470 g/mol. The van der Waals surface area contributed by atoms with E-state index in [2.05, 4.69) is 16.9 Å². The van der Waals surface area contributed by atoms with Gasteiger partial charge in [-0.25, -0.2) is 13.4 Å². The maximum Gasteiger partial charge on any atom is 0.243 e. The molecule has 170 valence electrons. The number of sulfonamides is 1. The minimum Gasteiger partial charge on any atom is -0.437 e. The Balaban J connectivity index is 1.49. The van der Waals surface area contributed by atoms with Gasteiger partial charge in [-0.1, -0.05) is 18.5 Å². The molecule has 32 heavy (non-hydrogen) atoms. The molecule has 2 aromatic heterocycles. The van der Waals surface area contributed by atoms with E-state index in [0.717, 1.165) is 29.5 Å². The Kier molecular flexibility index (Phi) is 5.88. The molecule has 5 rings (SSSR count). The first-order chi connectivity index (χ1) is 15.3. The van der Waals surface area contributed by atoms with Crippen LogP contribution in [0.2, 0.25) is 5.02 Å². The van der Waals surface area contributed by atoms with Crippen molar-refractivity contribution in [3.05, 3.63) is 39.5 Å². The van der Waals surface area contributed by atoms with Crippen molar-refractivity contribution >= 4 is 43.2 Å². The Bertz CT molecular complexity index is 1290. The standard InChI is InChI=1S/C22H24ClN3O4S2/c1-13-3-5-16-19(11-13)31-22-20(16)21(24-14(2)25-22)30-18-6-4-15(12-17(18)23)32(27,28)26-7-9-29-10-8-26/h4,6,12-13H,3,5,7-11H2,1-2H3/t13-/m0/s1. The first kappa shape index (κ1) is 22.0. The Morgan fingerprint density at radius 3 is 2.78 bits per heavy atom. The molecule has 3 heterocycles. The Labute approximate surface area is 196 Å². The summed E-state index contributed by atoms with van der Waals surface area (Å²) in [5, 5.41) is 1.17. The summed E-state index contributed by atoms with van der Waals surface area (Å²) >= 11 is 8.19. The maximum atomic E-state index is 12.9. The fraction of sp³-hybridized carbons (Fsp3) is 0.455. The summed E-state index contributed by atoms with van der Waals surface area (Å²) < 4.78 is 38.7. The normalized spacial score (nSPS) is 19.8. The number of benzene rings is 1. The lowest BCUT2D eigenvalue weighted by molar-refractivity contribution is 0.0730. The van der Waals surface area contributed by atoms with Gasteiger partial charge in [0.1, 0.15) is 16.4 Å². The van der Waals surface area contributed by atoms with Gasteiger partial charge in [-0.05, 0) is 55.9 Å². The minimum atomic E-state index is -3.63. The lowest BCUT2D eigenvalue weighted by Crippen LogP contribution is -2.40. The van der Waals surface area contributed by atoms with Gasteiger partial charge >= 0.3 is 0 Å². The van der Waals surface area contributed by atoms with Crippen molar-refractivity contribution in [3.8, 4) is 11.6 Å². The number of halogens is 1. The first-order valence-electron chi connectivity index (χ1n) is 10.7. The van der Waals surface area contributed by atoms with Crippen LogP contribution in [-0.2, 0) is 27.6 Å². The number of rotatable bonds is 4. The number of nitrogens with zero attached hydrogens (tertiary/aromatic N) is 3. The van der Waals surface area contributed by atoms with E-state index in [9.17, 15) is 8.42 Å². The largest absolute Gasteiger partial charge is 0.437 e. The van der Waals surface area contributed by atoms with Gasteiger partial charge in [0.15, 0.2) is 0 Å². The molecule has 0 N–H and O–H groups in total. The van der Waals surface area contributed by atoms with Gasteiger partial charge in [0.05, 0.1) is 28.5 Å². The molecule has 7 nitrogen and oxygen atoms in total. The molecule has 0 radical (unpaired) electrons. The van der Waals surface area contributed by atoms with Crippen LogP contribution in [0.4, 0.5) is 0 Å². The average Bonchev–Trinajstić information content (AvgIpc) is 3.12. The van der Waals surface area contributed by atoms with E-state index < -0.39 is 10.0 Å². The van der Waals surface area contributed by atoms with Gasteiger partial charge in [0, 0.05) is 18.0 Å². The number of fused-ring (bicyclic) bond motifs is 3. The van der Waals surface area contributed by atoms with Crippen LogP contribution in [0, 0.1) is 12.8 Å². The summed E-state index contributed by atoms with van der Waals surface area (Å²) in [5.41, 5.74) is 1.26. The third-order valence-electron chi connectivity index (χ3n) is 5.95. The van der Waals surface area contributed by atoms with Crippen LogP contribution in [-0.4, -0.2) is 49.0 Å². The van der Waals surface area contributed by atoms with E-state index in [1.165, 1.54) is 26.9 Å². The van der Waals surface area contributed by atoms with Crippen LogP contribution in [0.5, 0.6) is 11.6 Å². The van der Waals surface area contributed by atoms with Crippen LogP contribution in [0.1, 0.15) is 29.6 Å². The Hall–Kier alpha value is -1.78. The van der Waals surface area contributed by atoms with Gasteiger partial charge in [0.2, 0.25) is 15.9 Å². The summed E-state index contributed by atoms with van der Waals surface area (Å²) in [6, 6.07) is 4.57. The van der Waals surface area contributed by atoms with Crippen LogP contribution in [0.15, 0.2) is 23.1 Å². The van der Waals surface area contributed by atoms with Gasteiger partial charge in [0.25, 0.3) is 0 Å². The second-order valence-corrected chi connectivity index (χ2v) is 11.7. The van der Waals surface area contributed by atoms with Crippen molar-refractivity contribution in [1.82, 2.24) is 14.3 Å². The van der Waals surface area contributed by atoms with E-state index in [0.29, 0.717) is 49.7 Å². The quantitative estimate of drug-likeness (QED) is 0.528. The molecular formula is C22H24ClN3O4S2. The fourth-order valence-electron chi connectivity index (χ4n) is 4.25. The molecule has 1 saturated heterocycles. The van der Waals surface area contributed by atoms with Crippen molar-refractivity contribution < 1.29 is 17.9 Å². The molecule has 1 atom stereocenters. The van der Waals surface area contributed by atoms with Crippen LogP contribution in [0.3, 0.4) is 0 Å². The van der Waals surface area contributed by atoms with E-state index in [-0.39, 0.29) is 9.92 Å². The second kappa shape index (κ2) is 8.53. The van der Waals surface area contributed by atoms with Crippen LogP contribution in [0.25, 0.3) is 10.2 Å². The van der Waals surface area contributed by atoms with Gasteiger partial charge in [-0.3, -0.25) is 0 Å². The number of thiophene rings is 1. The third kappa shape index (κ3) is 4.01. The first-order valence-corrected chi connectivity index (χ1v) is 13.3. The zero-order valence-corrected chi connectivity index (χ0v) is 20.3. The summed E-state index contributed by atoms with van der Waals surface area (Å²) in [6.07, 6.45) is 3.15. The molecule has 0 bridgehead atoms. The van der Waals surface area contributed by atoms with E-state index in [4.69, 9.17) is 21.1 Å². The van der Waals surface area contributed by atoms with Crippen molar-refractivity contribution in [2.45, 2.75) is 38.0 Å². The van der Waals surface area contributed by atoms with Crippen molar-refractivity contribution in [2.24, 2.45) is 5.92 Å². The minimum absolute atomic E-state index is 0.141. The average molecular weight is 494 g/mol. The number of morpholine rings is 1. The molecule has 0 unspecified atom stereocenters. The highest BCUT2D eigenvalue weighted by Gasteiger charge is 2.28. The summed E-state index contributed by atoms with van der Waals surface area (Å²) in [5.74, 6) is 2.13. The van der Waals surface area contributed by atoms with E-state index in [1.807, 2.05) is 6.92 Å². The number of aromatic nitrogens is 2. The Morgan fingerprint density at radius 1 is 1.25 bits per heavy atom. The highest BCUT2D eigenvalue weighted by molar-refractivity contribution is 7.89. The smallest absolute Gasteiger partial charge is 0.243 e. The molecule has 1 aromatic carbocycles. The Morgan fingerprint density at radius 2 is 2.03 bits per heavy atom. The lowest BCUT2D eigenvalue weighted by Gasteiger charge is -2.26. The van der Waals surface area contributed by atoms with E-state index in [1.54, 1.807) is 17.4 Å². The molecule has 1 aliphatic heterocycles. The highest BCUT2D eigenvalue weighted by Crippen LogP contribution is 2.42. The third-order valence-corrected chi connectivity index (χ3v) is 9.29. The molecule has 1 fully saturated rings. The van der Waals surface area contributed by atoms with Crippen LogP contribution < -0.4 is 4.74 Å². The number of ether oxygens (including phenoxy) is 2. The van der Waals surface area contributed by atoms with Crippen molar-refractivity contribution in [2.75, 3.05) is 26.3 Å². The molecule has 1 aliphatic carbocycles. The zero-order valence-electron chi connectivity index (χ0n) is 17.9. The zero-order chi connectivity index (χ0) is 22.5. The molecule has 10 heteroatoms. The predicted octanol–water partition coefficient (Wildman–Crippen LogP) is 4.59. The van der Waals surface area contributed by atoms with Gasteiger partial charge in [-0.2, -0.15) is 9.29 Å². The highest BCUT2D eigenvalue weighted by atomic mass is 35.5.